The van der Waals surface area contributed by atoms with Crippen LogP contribution in [-0.4, -0.2) is 25.4 Å². The van der Waals surface area contributed by atoms with Crippen molar-refractivity contribution in [2.45, 2.75) is 26.7 Å². The molecule has 2 aromatic carbocycles. The van der Waals surface area contributed by atoms with Crippen LogP contribution in [0.1, 0.15) is 47.4 Å². The topological polar surface area (TPSA) is 64.6 Å². The molecule has 26 heavy (non-hydrogen) atoms. The van der Waals surface area contributed by atoms with E-state index in [1.54, 1.807) is 30.3 Å². The zero-order chi connectivity index (χ0) is 19.1. The first kappa shape index (κ1) is 19.8. The van der Waals surface area contributed by atoms with Crippen molar-refractivity contribution in [3.8, 4) is 11.5 Å². The average molecular weight is 376 g/mol. The Labute approximate surface area is 158 Å². The minimum absolute atomic E-state index is 0.0700. The number of rotatable bonds is 8. The van der Waals surface area contributed by atoms with Gasteiger partial charge in [-0.2, -0.15) is 0 Å². The molecule has 1 N–H and O–H groups in total. The van der Waals surface area contributed by atoms with Gasteiger partial charge in [0.15, 0.2) is 17.3 Å². The quantitative estimate of drug-likeness (QED) is 0.522. The van der Waals surface area contributed by atoms with Crippen molar-refractivity contribution in [3.63, 3.8) is 0 Å². The number of Topliss-reactive ketones (excluding diaryl/α,β-unsaturated/α-hetero) is 1. The van der Waals surface area contributed by atoms with Crippen LogP contribution in [0.15, 0.2) is 36.4 Å². The largest absolute Gasteiger partial charge is 0.493 e. The maximum atomic E-state index is 12.5. The van der Waals surface area contributed by atoms with Gasteiger partial charge in [-0.3, -0.25) is 9.59 Å². The number of halogens is 1. The van der Waals surface area contributed by atoms with Crippen LogP contribution in [0.4, 0.5) is 5.69 Å². The molecule has 0 bridgehead atoms. The molecule has 6 heteroatoms. The number of ketones is 1. The van der Waals surface area contributed by atoms with Crippen LogP contribution in [0.25, 0.3) is 0 Å². The number of carbonyl (C=O) groups excluding carboxylic acids is 2. The number of ether oxygens (including phenoxy) is 2. The summed E-state index contributed by atoms with van der Waals surface area (Å²) in [6.07, 6.45) is 1.90. The second-order valence-electron chi connectivity index (χ2n) is 5.78. The summed E-state index contributed by atoms with van der Waals surface area (Å²) in [5, 5.41) is 3.07. The Bertz CT molecular complexity index is 804. The molecule has 2 aromatic rings. The normalized spacial score (nSPS) is 10.3. The fourth-order valence-corrected chi connectivity index (χ4v) is 2.59. The lowest BCUT2D eigenvalue weighted by atomic mass is 10.1. The molecule has 0 aliphatic rings. The molecule has 0 fully saturated rings. The van der Waals surface area contributed by atoms with E-state index >= 15 is 0 Å². The van der Waals surface area contributed by atoms with Gasteiger partial charge in [-0.15, -0.1) is 0 Å². The highest BCUT2D eigenvalue weighted by Gasteiger charge is 2.16. The smallest absolute Gasteiger partial charge is 0.255 e. The van der Waals surface area contributed by atoms with Crippen LogP contribution in [0.5, 0.6) is 11.5 Å². The molecule has 2 rings (SSSR count). The molecule has 0 aliphatic heterocycles. The zero-order valence-corrected chi connectivity index (χ0v) is 15.9. The molecule has 138 valence electrons. The Balaban J connectivity index is 2.22. The minimum Gasteiger partial charge on any atom is -0.493 e. The Morgan fingerprint density at radius 1 is 1.15 bits per heavy atom. The molecule has 0 heterocycles. The van der Waals surface area contributed by atoms with E-state index in [9.17, 15) is 9.59 Å². The predicted molar refractivity (Wildman–Crippen MR) is 103 cm³/mol. The number of anilines is 1. The molecule has 0 saturated carbocycles. The third kappa shape index (κ3) is 4.99. The molecule has 0 saturated heterocycles. The third-order valence-electron chi connectivity index (χ3n) is 3.76. The average Bonchev–Trinajstić information content (AvgIpc) is 2.62. The Kier molecular flexibility index (Phi) is 7.04. The Morgan fingerprint density at radius 2 is 1.92 bits per heavy atom. The summed E-state index contributed by atoms with van der Waals surface area (Å²) in [4.78, 5) is 24.0. The fourth-order valence-electron chi connectivity index (χ4n) is 2.33. The van der Waals surface area contributed by atoms with Gasteiger partial charge in [0.05, 0.1) is 18.7 Å². The van der Waals surface area contributed by atoms with Gasteiger partial charge >= 0.3 is 0 Å². The predicted octanol–water partition coefficient (Wildman–Crippen LogP) is 4.98. The summed E-state index contributed by atoms with van der Waals surface area (Å²) < 4.78 is 11.0. The zero-order valence-electron chi connectivity index (χ0n) is 15.1. The van der Waals surface area contributed by atoms with Crippen molar-refractivity contribution in [2.24, 2.45) is 0 Å². The molecule has 5 nitrogen and oxygen atoms in total. The SMILES string of the molecule is CCCCOc1c(Cl)cc(C(=O)Nc2cccc(C(C)=O)c2)cc1OC. The second-order valence-corrected chi connectivity index (χ2v) is 6.19. The van der Waals surface area contributed by atoms with E-state index in [1.165, 1.54) is 20.1 Å². The van der Waals surface area contributed by atoms with Crippen molar-refractivity contribution >= 4 is 29.0 Å². The summed E-state index contributed by atoms with van der Waals surface area (Å²) in [6, 6.07) is 9.87. The van der Waals surface area contributed by atoms with Crippen molar-refractivity contribution in [1.82, 2.24) is 0 Å². The van der Waals surface area contributed by atoms with E-state index in [4.69, 9.17) is 21.1 Å². The highest BCUT2D eigenvalue weighted by molar-refractivity contribution is 6.32. The van der Waals surface area contributed by atoms with E-state index in [0.717, 1.165) is 12.8 Å². The monoisotopic (exact) mass is 375 g/mol. The number of benzene rings is 2. The van der Waals surface area contributed by atoms with Crippen LogP contribution in [0, 0.1) is 0 Å². The molecule has 0 atom stereocenters. The summed E-state index contributed by atoms with van der Waals surface area (Å²) in [7, 11) is 1.50. The van der Waals surface area contributed by atoms with Gasteiger partial charge in [0.2, 0.25) is 0 Å². The van der Waals surface area contributed by atoms with Crippen molar-refractivity contribution in [2.75, 3.05) is 19.0 Å². The maximum absolute atomic E-state index is 12.5. The van der Waals surface area contributed by atoms with Crippen molar-refractivity contribution < 1.29 is 19.1 Å². The van der Waals surface area contributed by atoms with E-state index in [2.05, 4.69) is 12.2 Å². The first-order chi connectivity index (χ1) is 12.5. The summed E-state index contributed by atoms with van der Waals surface area (Å²) in [5.41, 5.74) is 1.39. The third-order valence-corrected chi connectivity index (χ3v) is 4.04. The molecule has 0 unspecified atom stereocenters. The van der Waals surface area contributed by atoms with Crippen LogP contribution in [-0.2, 0) is 0 Å². The molecule has 1 amide bonds. The van der Waals surface area contributed by atoms with Gasteiger partial charge in [-0.25, -0.2) is 0 Å². The minimum atomic E-state index is -0.356. The number of amides is 1. The van der Waals surface area contributed by atoms with E-state index in [1.807, 2.05) is 0 Å². The number of unbranched alkanes of at least 4 members (excludes halogenated alkanes) is 1. The van der Waals surface area contributed by atoms with Gasteiger partial charge < -0.3 is 14.8 Å². The highest BCUT2D eigenvalue weighted by Crippen LogP contribution is 2.36. The molecule has 0 aromatic heterocycles. The molecule has 0 radical (unpaired) electrons. The lowest BCUT2D eigenvalue weighted by Gasteiger charge is -2.14. The Morgan fingerprint density at radius 3 is 2.58 bits per heavy atom. The second kappa shape index (κ2) is 9.25. The van der Waals surface area contributed by atoms with Gasteiger partial charge in [-0.1, -0.05) is 37.1 Å². The number of hydrogen-bond donors (Lipinski definition) is 1. The first-order valence-electron chi connectivity index (χ1n) is 8.39. The Hall–Kier alpha value is -2.53. The van der Waals surface area contributed by atoms with Gasteiger partial charge in [0, 0.05) is 16.8 Å². The lowest BCUT2D eigenvalue weighted by molar-refractivity contribution is 0.101. The number of methoxy groups -OCH3 is 1. The fraction of sp³-hybridized carbons (Fsp3) is 0.300. The number of hydrogen-bond acceptors (Lipinski definition) is 4. The summed E-state index contributed by atoms with van der Waals surface area (Å²) >= 11 is 6.28. The molecular formula is C20H22ClNO4. The highest BCUT2D eigenvalue weighted by atomic mass is 35.5. The first-order valence-corrected chi connectivity index (χ1v) is 8.76. The van der Waals surface area contributed by atoms with Crippen molar-refractivity contribution in [3.05, 3.63) is 52.5 Å². The van der Waals surface area contributed by atoms with Crippen LogP contribution in [0.3, 0.4) is 0 Å². The standard InChI is InChI=1S/C20H22ClNO4/c1-4-5-9-26-19-17(21)11-15(12-18(19)25-3)20(24)22-16-8-6-7-14(10-16)13(2)23/h6-8,10-12H,4-5,9H2,1-3H3,(H,22,24). The van der Waals surface area contributed by atoms with Crippen LogP contribution < -0.4 is 14.8 Å². The van der Waals surface area contributed by atoms with Crippen molar-refractivity contribution in [1.29, 1.82) is 0 Å². The van der Waals surface area contributed by atoms with E-state index in [0.29, 0.717) is 39.9 Å². The van der Waals surface area contributed by atoms with Crippen LogP contribution in [0.2, 0.25) is 5.02 Å². The van der Waals surface area contributed by atoms with Gasteiger partial charge in [-0.05, 0) is 37.6 Å². The summed E-state index contributed by atoms with van der Waals surface area (Å²) in [5.74, 6) is 0.402. The van der Waals surface area contributed by atoms with Crippen LogP contribution >= 0.6 is 11.6 Å². The summed E-state index contributed by atoms with van der Waals surface area (Å²) in [6.45, 7) is 4.07. The number of nitrogens with one attached hydrogen (secondary N) is 1. The molecule has 0 aliphatic carbocycles. The number of carbonyl (C=O) groups is 2. The van der Waals surface area contributed by atoms with Gasteiger partial charge in [0.25, 0.3) is 5.91 Å². The molecular weight excluding hydrogens is 354 g/mol. The van der Waals surface area contributed by atoms with Gasteiger partial charge in [0.1, 0.15) is 0 Å². The van der Waals surface area contributed by atoms with E-state index < -0.39 is 0 Å². The van der Waals surface area contributed by atoms with E-state index in [-0.39, 0.29) is 11.7 Å². The molecule has 0 spiro atoms. The maximum Gasteiger partial charge on any atom is 0.255 e. The lowest BCUT2D eigenvalue weighted by Crippen LogP contribution is -2.13.